The number of carbonyl (C=O) groups excluding carboxylic acids is 1. The van der Waals surface area contributed by atoms with Crippen molar-refractivity contribution in [1.82, 2.24) is 0 Å². The van der Waals surface area contributed by atoms with Crippen LogP contribution in [0.3, 0.4) is 0 Å². The van der Waals surface area contributed by atoms with Crippen molar-refractivity contribution in [2.24, 2.45) is 5.73 Å². The summed E-state index contributed by atoms with van der Waals surface area (Å²) in [7, 11) is -1.42. The van der Waals surface area contributed by atoms with Crippen molar-refractivity contribution in [3.63, 3.8) is 0 Å². The summed E-state index contributed by atoms with van der Waals surface area (Å²) >= 11 is 3.09. The molecule has 1 atom stereocenters. The molecule has 0 saturated heterocycles. The zero-order valence-electron chi connectivity index (χ0n) is 8.68. The molecule has 1 aromatic carbocycles. The molecule has 0 fully saturated rings. The number of carboxylic acids is 1. The van der Waals surface area contributed by atoms with Gasteiger partial charge < -0.3 is 10.8 Å². The molecule has 7 heteroatoms. The molecular weight excluding hydrogens is 310 g/mol. The molecule has 3 N–H and O–H groups in total. The first-order valence-electron chi connectivity index (χ1n) is 4.61. The largest absolute Gasteiger partial charge is 0.478 e. The number of halogens is 1. The van der Waals surface area contributed by atoms with E-state index in [1.165, 1.54) is 12.1 Å². The number of benzene rings is 1. The van der Waals surface area contributed by atoms with Gasteiger partial charge >= 0.3 is 5.97 Å². The quantitative estimate of drug-likeness (QED) is 0.850. The van der Waals surface area contributed by atoms with Gasteiger partial charge in [0.1, 0.15) is 0 Å². The zero-order chi connectivity index (χ0) is 13.0. The number of hydrogen-bond acceptors (Lipinski definition) is 3. The zero-order valence-corrected chi connectivity index (χ0v) is 11.1. The molecule has 1 unspecified atom stereocenters. The van der Waals surface area contributed by atoms with Crippen molar-refractivity contribution in [3.05, 3.63) is 28.2 Å². The van der Waals surface area contributed by atoms with Crippen LogP contribution in [0.25, 0.3) is 0 Å². The molecule has 0 aliphatic carbocycles. The van der Waals surface area contributed by atoms with Crippen LogP contribution < -0.4 is 5.73 Å². The Morgan fingerprint density at radius 2 is 2.06 bits per heavy atom. The van der Waals surface area contributed by atoms with E-state index in [2.05, 4.69) is 15.9 Å². The van der Waals surface area contributed by atoms with Gasteiger partial charge in [0.05, 0.1) is 16.4 Å². The summed E-state index contributed by atoms with van der Waals surface area (Å²) < 4.78 is 12.1. The Morgan fingerprint density at radius 3 is 2.59 bits per heavy atom. The average molecular weight is 320 g/mol. The first kappa shape index (κ1) is 13.9. The fraction of sp³-hybridized carbons (Fsp3) is 0.200. The highest BCUT2D eigenvalue weighted by Crippen LogP contribution is 2.20. The van der Waals surface area contributed by atoms with Gasteiger partial charge in [-0.3, -0.25) is 9.00 Å². The molecule has 1 aromatic rings. The molecular formula is C10H10BrNO4S. The van der Waals surface area contributed by atoms with Gasteiger partial charge in [0.2, 0.25) is 5.91 Å². The van der Waals surface area contributed by atoms with E-state index in [9.17, 15) is 13.8 Å². The van der Waals surface area contributed by atoms with Crippen LogP contribution in [-0.2, 0) is 15.6 Å². The second-order valence-electron chi connectivity index (χ2n) is 3.21. The van der Waals surface area contributed by atoms with Gasteiger partial charge in [-0.1, -0.05) is 0 Å². The highest BCUT2D eigenvalue weighted by molar-refractivity contribution is 9.10. The molecule has 0 spiro atoms. The average Bonchev–Trinajstić information content (AvgIpc) is 2.26. The summed E-state index contributed by atoms with van der Waals surface area (Å²) in [5.41, 5.74) is 4.98. The van der Waals surface area contributed by atoms with Crippen molar-refractivity contribution in [2.75, 3.05) is 5.75 Å². The summed E-state index contributed by atoms with van der Waals surface area (Å²) in [5.74, 6) is -1.55. The second kappa shape index (κ2) is 5.92. The first-order valence-corrected chi connectivity index (χ1v) is 6.72. The van der Waals surface area contributed by atoms with Crippen LogP contribution in [0.15, 0.2) is 27.6 Å². The third-order valence-corrected chi connectivity index (χ3v) is 4.01. The van der Waals surface area contributed by atoms with Gasteiger partial charge in [-0.05, 0) is 34.1 Å². The smallest absolute Gasteiger partial charge is 0.336 e. The molecule has 5 nitrogen and oxygen atoms in total. The standard InChI is InChI=1S/C10H10BrNO4S/c11-8-2-1-6(5-7(8)10(14)15)17(16)4-3-9(12)13/h1-2,5H,3-4H2,(H2,12,13)(H,14,15). The Morgan fingerprint density at radius 1 is 1.41 bits per heavy atom. The van der Waals surface area contributed by atoms with E-state index in [1.54, 1.807) is 6.07 Å². The maximum Gasteiger partial charge on any atom is 0.336 e. The third kappa shape index (κ3) is 3.94. The maximum absolute atomic E-state index is 11.7. The molecule has 17 heavy (non-hydrogen) atoms. The van der Waals surface area contributed by atoms with E-state index < -0.39 is 22.7 Å². The van der Waals surface area contributed by atoms with Gasteiger partial charge in [-0.25, -0.2) is 4.79 Å². The highest BCUT2D eigenvalue weighted by Gasteiger charge is 2.12. The molecule has 0 radical (unpaired) electrons. The number of rotatable bonds is 5. The lowest BCUT2D eigenvalue weighted by molar-refractivity contribution is -0.117. The monoisotopic (exact) mass is 319 g/mol. The predicted octanol–water partition coefficient (Wildman–Crippen LogP) is 1.13. The summed E-state index contributed by atoms with van der Waals surface area (Å²) in [5, 5.41) is 8.89. The normalized spacial score (nSPS) is 12.1. The number of amides is 1. The fourth-order valence-electron chi connectivity index (χ4n) is 1.12. The molecule has 1 amide bonds. The Kier molecular flexibility index (Phi) is 4.83. The predicted molar refractivity (Wildman–Crippen MR) is 66.2 cm³/mol. The number of aromatic carboxylic acids is 1. The van der Waals surface area contributed by atoms with Crippen LogP contribution in [0.1, 0.15) is 16.8 Å². The minimum atomic E-state index is -1.42. The lowest BCUT2D eigenvalue weighted by Gasteiger charge is -2.04. The number of hydrogen-bond donors (Lipinski definition) is 2. The van der Waals surface area contributed by atoms with Gasteiger partial charge in [0.25, 0.3) is 0 Å². The Bertz CT molecular complexity index is 489. The maximum atomic E-state index is 11.7. The highest BCUT2D eigenvalue weighted by atomic mass is 79.9. The van der Waals surface area contributed by atoms with E-state index in [-0.39, 0.29) is 17.7 Å². The molecule has 0 aromatic heterocycles. The van der Waals surface area contributed by atoms with Crippen molar-refractivity contribution < 1.29 is 18.9 Å². The Labute approximate surface area is 109 Å². The van der Waals surface area contributed by atoms with E-state index in [4.69, 9.17) is 10.8 Å². The molecule has 0 aliphatic rings. The van der Waals surface area contributed by atoms with Gasteiger partial charge in [0, 0.05) is 21.5 Å². The van der Waals surface area contributed by atoms with E-state index in [0.717, 1.165) is 0 Å². The second-order valence-corrected chi connectivity index (χ2v) is 5.64. The van der Waals surface area contributed by atoms with Crippen LogP contribution in [0.4, 0.5) is 0 Å². The van der Waals surface area contributed by atoms with Crippen molar-refractivity contribution in [3.8, 4) is 0 Å². The molecule has 1 rings (SSSR count). The number of carboxylic acid groups (broad SMARTS) is 1. The molecule has 0 saturated carbocycles. The van der Waals surface area contributed by atoms with Crippen molar-refractivity contribution in [2.45, 2.75) is 11.3 Å². The van der Waals surface area contributed by atoms with Crippen LogP contribution in [-0.4, -0.2) is 26.9 Å². The van der Waals surface area contributed by atoms with Crippen LogP contribution in [0, 0.1) is 0 Å². The van der Waals surface area contributed by atoms with E-state index >= 15 is 0 Å². The number of carbonyl (C=O) groups is 2. The van der Waals surface area contributed by atoms with Gasteiger partial charge in [0.15, 0.2) is 0 Å². The Hall–Kier alpha value is -1.21. The van der Waals surface area contributed by atoms with Crippen molar-refractivity contribution in [1.29, 1.82) is 0 Å². The van der Waals surface area contributed by atoms with E-state index in [1.807, 2.05) is 0 Å². The summed E-state index contributed by atoms with van der Waals surface area (Å²) in [6, 6.07) is 4.39. The molecule has 0 heterocycles. The first-order chi connectivity index (χ1) is 7.91. The van der Waals surface area contributed by atoms with Gasteiger partial charge in [-0.15, -0.1) is 0 Å². The number of nitrogens with two attached hydrogens (primary N) is 1. The summed E-state index contributed by atoms with van der Waals surface area (Å²) in [6.45, 7) is 0. The lowest BCUT2D eigenvalue weighted by atomic mass is 10.2. The topological polar surface area (TPSA) is 97.5 Å². The lowest BCUT2D eigenvalue weighted by Crippen LogP contribution is -2.14. The molecule has 0 aliphatic heterocycles. The van der Waals surface area contributed by atoms with Crippen LogP contribution in [0.2, 0.25) is 0 Å². The minimum absolute atomic E-state index is 0.00504. The summed E-state index contributed by atoms with van der Waals surface area (Å²) in [6.07, 6.45) is 0.00504. The molecule has 92 valence electrons. The van der Waals surface area contributed by atoms with Crippen LogP contribution >= 0.6 is 15.9 Å². The minimum Gasteiger partial charge on any atom is -0.478 e. The SMILES string of the molecule is NC(=O)CCS(=O)c1ccc(Br)c(C(=O)O)c1. The van der Waals surface area contributed by atoms with E-state index in [0.29, 0.717) is 9.37 Å². The fourth-order valence-corrected chi connectivity index (χ4v) is 2.63. The van der Waals surface area contributed by atoms with Crippen molar-refractivity contribution >= 4 is 38.6 Å². The number of primary amides is 1. The van der Waals surface area contributed by atoms with Crippen LogP contribution in [0.5, 0.6) is 0 Å². The van der Waals surface area contributed by atoms with Gasteiger partial charge in [-0.2, -0.15) is 0 Å². The third-order valence-electron chi connectivity index (χ3n) is 1.96. The molecule has 0 bridgehead atoms. The Balaban J connectivity index is 2.92. The summed E-state index contributed by atoms with van der Waals surface area (Å²) in [4.78, 5) is 21.8.